The molecule has 1 saturated heterocycles. The van der Waals surface area contributed by atoms with E-state index in [4.69, 9.17) is 14.2 Å². The highest BCUT2D eigenvalue weighted by Gasteiger charge is 2.29. The number of fused-ring (bicyclic) bond motifs is 1. The Kier molecular flexibility index (Phi) is 6.62. The molecule has 33 heavy (non-hydrogen) atoms. The van der Waals surface area contributed by atoms with Crippen LogP contribution in [0.15, 0.2) is 36.4 Å². The minimum Gasteiger partial charge on any atom is -0.486 e. The molecule has 2 heterocycles. The molecule has 0 bridgehead atoms. The Hall–Kier alpha value is -3.82. The van der Waals surface area contributed by atoms with Gasteiger partial charge in [-0.25, -0.2) is 4.79 Å². The van der Waals surface area contributed by atoms with Crippen molar-refractivity contribution in [3.05, 3.63) is 52.1 Å². The van der Waals surface area contributed by atoms with Crippen molar-refractivity contribution in [2.45, 2.75) is 32.3 Å². The molecule has 0 unspecified atom stereocenters. The average molecular weight is 455 g/mol. The van der Waals surface area contributed by atoms with Crippen LogP contribution < -0.4 is 19.7 Å². The van der Waals surface area contributed by atoms with Crippen molar-refractivity contribution in [3.63, 3.8) is 0 Å². The first-order chi connectivity index (χ1) is 15.9. The molecule has 2 aromatic rings. The lowest BCUT2D eigenvalue weighted by atomic mass is 10.1. The van der Waals surface area contributed by atoms with Gasteiger partial charge in [-0.2, -0.15) is 0 Å². The van der Waals surface area contributed by atoms with E-state index >= 15 is 0 Å². The molecule has 10 heteroatoms. The molecule has 2 aliphatic rings. The van der Waals surface area contributed by atoms with E-state index in [1.54, 1.807) is 12.1 Å². The fraction of sp³-hybridized carbons (Fsp3) is 0.391. The van der Waals surface area contributed by atoms with Crippen molar-refractivity contribution >= 4 is 28.9 Å². The van der Waals surface area contributed by atoms with Crippen LogP contribution in [0.25, 0.3) is 0 Å². The maximum atomic E-state index is 12.6. The van der Waals surface area contributed by atoms with Gasteiger partial charge in [0.05, 0.1) is 11.0 Å². The summed E-state index contributed by atoms with van der Waals surface area (Å²) in [6, 6.07) is 9.80. The first kappa shape index (κ1) is 22.4. The Morgan fingerprint density at radius 3 is 2.33 bits per heavy atom. The summed E-state index contributed by atoms with van der Waals surface area (Å²) in [5, 5.41) is 14.1. The van der Waals surface area contributed by atoms with Crippen molar-refractivity contribution in [2.24, 2.45) is 0 Å². The second-order valence-electron chi connectivity index (χ2n) is 7.90. The monoisotopic (exact) mass is 455 g/mol. The molecule has 1 atom stereocenters. The van der Waals surface area contributed by atoms with Crippen LogP contribution >= 0.6 is 0 Å². The van der Waals surface area contributed by atoms with E-state index in [0.717, 1.165) is 24.8 Å². The zero-order valence-electron chi connectivity index (χ0n) is 18.2. The average Bonchev–Trinajstić information content (AvgIpc) is 2.84. The molecule has 0 spiro atoms. The minimum atomic E-state index is -1.17. The normalized spacial score (nSPS) is 16.0. The fourth-order valence-electron chi connectivity index (χ4n) is 3.82. The number of piperidine rings is 1. The molecule has 4 rings (SSSR count). The Balaban J connectivity index is 1.40. The van der Waals surface area contributed by atoms with Crippen LogP contribution in [0.1, 0.15) is 36.5 Å². The van der Waals surface area contributed by atoms with Gasteiger partial charge in [-0.15, -0.1) is 0 Å². The number of nitrogens with zero attached hydrogens (tertiary/aromatic N) is 2. The molecule has 1 fully saturated rings. The molecule has 0 aliphatic carbocycles. The van der Waals surface area contributed by atoms with Crippen molar-refractivity contribution < 1.29 is 28.7 Å². The second-order valence-corrected chi connectivity index (χ2v) is 7.90. The summed E-state index contributed by atoms with van der Waals surface area (Å²) in [5.41, 5.74) is 0.868. The minimum absolute atomic E-state index is 0.184. The number of carbonyl (C=O) groups is 2. The van der Waals surface area contributed by atoms with Crippen LogP contribution in [0.2, 0.25) is 0 Å². The molecule has 0 radical (unpaired) electrons. The number of anilines is 2. The summed E-state index contributed by atoms with van der Waals surface area (Å²) in [4.78, 5) is 38.2. The third-order valence-electron chi connectivity index (χ3n) is 5.59. The number of ether oxygens (including phenoxy) is 3. The number of hydrogen-bond acceptors (Lipinski definition) is 8. The second kappa shape index (κ2) is 9.76. The molecule has 10 nitrogen and oxygen atoms in total. The van der Waals surface area contributed by atoms with E-state index in [0.29, 0.717) is 5.69 Å². The molecular formula is C23H25N3O7. The topological polar surface area (TPSA) is 120 Å². The summed E-state index contributed by atoms with van der Waals surface area (Å²) >= 11 is 0. The maximum absolute atomic E-state index is 12.6. The number of nitro groups is 1. The summed E-state index contributed by atoms with van der Waals surface area (Å²) in [7, 11) is 0. The van der Waals surface area contributed by atoms with E-state index < -0.39 is 28.6 Å². The number of rotatable bonds is 6. The van der Waals surface area contributed by atoms with Gasteiger partial charge in [0.25, 0.3) is 11.6 Å². The predicted molar refractivity (Wildman–Crippen MR) is 120 cm³/mol. The number of nitrogens with one attached hydrogen (secondary N) is 1. The molecule has 0 aromatic heterocycles. The summed E-state index contributed by atoms with van der Waals surface area (Å²) in [6.07, 6.45) is 2.41. The molecular weight excluding hydrogens is 430 g/mol. The zero-order valence-corrected chi connectivity index (χ0v) is 18.2. The predicted octanol–water partition coefficient (Wildman–Crippen LogP) is 3.54. The van der Waals surface area contributed by atoms with Gasteiger partial charge in [-0.3, -0.25) is 14.9 Å². The Morgan fingerprint density at radius 1 is 1.06 bits per heavy atom. The van der Waals surface area contributed by atoms with Gasteiger partial charge in [-0.05, 0) is 50.5 Å². The van der Waals surface area contributed by atoms with Gasteiger partial charge in [0.1, 0.15) is 18.8 Å². The first-order valence-corrected chi connectivity index (χ1v) is 10.9. The number of hydrogen-bond donors (Lipinski definition) is 1. The van der Waals surface area contributed by atoms with E-state index in [1.165, 1.54) is 32.3 Å². The van der Waals surface area contributed by atoms with Gasteiger partial charge >= 0.3 is 5.97 Å². The zero-order chi connectivity index (χ0) is 23.4. The van der Waals surface area contributed by atoms with Crippen molar-refractivity contribution in [3.8, 4) is 11.5 Å². The van der Waals surface area contributed by atoms with Gasteiger partial charge < -0.3 is 24.4 Å². The van der Waals surface area contributed by atoms with Gasteiger partial charge in [0.15, 0.2) is 17.6 Å². The van der Waals surface area contributed by atoms with Crippen LogP contribution in [-0.2, 0) is 9.53 Å². The molecule has 2 aliphatic heterocycles. The lowest BCUT2D eigenvalue weighted by Crippen LogP contribution is -2.30. The Bertz CT molecular complexity index is 1050. The molecule has 1 N–H and O–H groups in total. The third-order valence-corrected chi connectivity index (χ3v) is 5.59. The van der Waals surface area contributed by atoms with E-state index in [2.05, 4.69) is 10.2 Å². The van der Waals surface area contributed by atoms with E-state index in [1.807, 2.05) is 12.1 Å². The van der Waals surface area contributed by atoms with Gasteiger partial charge in [0.2, 0.25) is 0 Å². The van der Waals surface area contributed by atoms with Crippen LogP contribution in [0, 0.1) is 10.1 Å². The fourth-order valence-corrected chi connectivity index (χ4v) is 3.82. The summed E-state index contributed by atoms with van der Waals surface area (Å²) in [6.45, 7) is 3.95. The number of benzene rings is 2. The lowest BCUT2D eigenvalue weighted by Gasteiger charge is -2.28. The van der Waals surface area contributed by atoms with Crippen LogP contribution in [-0.4, -0.2) is 49.2 Å². The standard InChI is InChI=1S/C23H25N3O7/c1-15(22(27)24-16-5-7-17(8-6-16)25-9-3-2-4-10-25)33-23(28)18-13-20-21(32-12-11-31-20)14-19(18)26(29)30/h5-8,13-15H,2-4,9-12H2,1H3,(H,24,27)/t15-/m0/s1. The molecule has 0 saturated carbocycles. The summed E-state index contributed by atoms with van der Waals surface area (Å²) < 4.78 is 15.9. The van der Waals surface area contributed by atoms with E-state index in [-0.39, 0.29) is 30.3 Å². The highest BCUT2D eigenvalue weighted by molar-refractivity contribution is 5.99. The van der Waals surface area contributed by atoms with Crippen LogP contribution in [0.3, 0.4) is 0 Å². The van der Waals surface area contributed by atoms with Crippen LogP contribution in [0.5, 0.6) is 11.5 Å². The van der Waals surface area contributed by atoms with E-state index in [9.17, 15) is 19.7 Å². The number of nitro benzene ring substituents is 1. The molecule has 2 aromatic carbocycles. The van der Waals surface area contributed by atoms with Crippen molar-refractivity contribution in [2.75, 3.05) is 36.5 Å². The number of carbonyl (C=O) groups excluding carboxylic acids is 2. The smallest absolute Gasteiger partial charge is 0.346 e. The number of amides is 1. The van der Waals surface area contributed by atoms with Crippen molar-refractivity contribution in [1.82, 2.24) is 0 Å². The largest absolute Gasteiger partial charge is 0.486 e. The quantitative estimate of drug-likeness (QED) is 0.399. The van der Waals surface area contributed by atoms with Crippen LogP contribution in [0.4, 0.5) is 17.1 Å². The maximum Gasteiger partial charge on any atom is 0.346 e. The highest BCUT2D eigenvalue weighted by atomic mass is 16.6. The molecule has 1 amide bonds. The van der Waals surface area contributed by atoms with Gasteiger partial charge in [0, 0.05) is 30.5 Å². The summed E-state index contributed by atoms with van der Waals surface area (Å²) in [5.74, 6) is -1.15. The van der Waals surface area contributed by atoms with Gasteiger partial charge in [-0.1, -0.05) is 0 Å². The number of esters is 1. The lowest BCUT2D eigenvalue weighted by molar-refractivity contribution is -0.385. The van der Waals surface area contributed by atoms with Crippen molar-refractivity contribution in [1.29, 1.82) is 0 Å². The SMILES string of the molecule is C[C@H](OC(=O)c1cc2c(cc1[N+](=O)[O-])OCCO2)C(=O)Nc1ccc(N2CCCCC2)cc1. The Labute approximate surface area is 190 Å². The molecule has 174 valence electrons. The first-order valence-electron chi connectivity index (χ1n) is 10.9. The Morgan fingerprint density at radius 2 is 1.70 bits per heavy atom. The highest BCUT2D eigenvalue weighted by Crippen LogP contribution is 2.37. The third kappa shape index (κ3) is 5.16.